The standard InChI is InChI=1S/C15H23N3O2S/c1-15(7-2-10-21-15)11-17-8-9-20-13-5-3-12(4-6-13)14(16)18-19/h3-6,17,19H,2,7-11H2,1H3,(H2,16,18). The lowest BCUT2D eigenvalue weighted by atomic mass is 10.1. The summed E-state index contributed by atoms with van der Waals surface area (Å²) in [4.78, 5) is 0. The fourth-order valence-corrected chi connectivity index (χ4v) is 3.62. The molecule has 1 saturated heterocycles. The first-order valence-corrected chi connectivity index (χ1v) is 8.17. The number of oxime groups is 1. The predicted molar refractivity (Wildman–Crippen MR) is 87.4 cm³/mol. The van der Waals surface area contributed by atoms with Crippen LogP contribution in [0.25, 0.3) is 0 Å². The number of hydrogen-bond donors (Lipinski definition) is 3. The van der Waals surface area contributed by atoms with E-state index < -0.39 is 0 Å². The van der Waals surface area contributed by atoms with Crippen LogP contribution in [-0.2, 0) is 0 Å². The predicted octanol–water partition coefficient (Wildman–Crippen LogP) is 2.04. The number of nitrogens with zero attached hydrogens (tertiary/aromatic N) is 1. The Morgan fingerprint density at radius 1 is 1.48 bits per heavy atom. The van der Waals surface area contributed by atoms with Gasteiger partial charge >= 0.3 is 0 Å². The summed E-state index contributed by atoms with van der Waals surface area (Å²) >= 11 is 2.06. The fourth-order valence-electron chi connectivity index (χ4n) is 2.35. The molecule has 0 aliphatic carbocycles. The molecule has 6 heteroatoms. The highest BCUT2D eigenvalue weighted by atomic mass is 32.2. The second kappa shape index (κ2) is 7.56. The number of ether oxygens (including phenoxy) is 1. The van der Waals surface area contributed by atoms with Crippen LogP contribution in [0.1, 0.15) is 25.3 Å². The summed E-state index contributed by atoms with van der Waals surface area (Å²) in [6, 6.07) is 7.19. The van der Waals surface area contributed by atoms with Gasteiger partial charge < -0.3 is 21.0 Å². The van der Waals surface area contributed by atoms with Gasteiger partial charge in [0.1, 0.15) is 12.4 Å². The van der Waals surface area contributed by atoms with Gasteiger partial charge in [0.05, 0.1) is 0 Å². The molecule has 0 spiro atoms. The van der Waals surface area contributed by atoms with Gasteiger partial charge in [-0.25, -0.2) is 0 Å². The molecular formula is C15H23N3O2S. The molecule has 4 N–H and O–H groups in total. The molecule has 1 heterocycles. The van der Waals surface area contributed by atoms with Gasteiger partial charge in [-0.1, -0.05) is 5.16 Å². The topological polar surface area (TPSA) is 79.9 Å². The molecular weight excluding hydrogens is 286 g/mol. The number of rotatable bonds is 7. The Labute approximate surface area is 129 Å². The monoisotopic (exact) mass is 309 g/mol. The van der Waals surface area contributed by atoms with Crippen LogP contribution < -0.4 is 15.8 Å². The maximum absolute atomic E-state index is 8.59. The number of benzene rings is 1. The highest BCUT2D eigenvalue weighted by Crippen LogP contribution is 2.36. The van der Waals surface area contributed by atoms with Crippen molar-refractivity contribution in [3.05, 3.63) is 29.8 Å². The lowest BCUT2D eigenvalue weighted by Crippen LogP contribution is -2.35. The second-order valence-electron chi connectivity index (χ2n) is 5.44. The zero-order valence-corrected chi connectivity index (χ0v) is 13.2. The summed E-state index contributed by atoms with van der Waals surface area (Å²) in [7, 11) is 0. The molecule has 0 saturated carbocycles. The van der Waals surface area contributed by atoms with Crippen molar-refractivity contribution < 1.29 is 9.94 Å². The summed E-state index contributed by atoms with van der Waals surface area (Å²) in [5.41, 5.74) is 6.18. The van der Waals surface area contributed by atoms with Gasteiger partial charge in [0.2, 0.25) is 0 Å². The fraction of sp³-hybridized carbons (Fsp3) is 0.533. The Bertz CT molecular complexity index is 470. The van der Waals surface area contributed by atoms with E-state index in [1.54, 1.807) is 12.1 Å². The van der Waals surface area contributed by atoms with Gasteiger partial charge in [0, 0.05) is 23.4 Å². The molecule has 0 aromatic heterocycles. The van der Waals surface area contributed by atoms with E-state index in [1.165, 1.54) is 18.6 Å². The Hall–Kier alpha value is -1.40. The molecule has 5 nitrogen and oxygen atoms in total. The smallest absolute Gasteiger partial charge is 0.170 e. The second-order valence-corrected chi connectivity index (χ2v) is 7.12. The molecule has 1 aliphatic heterocycles. The third kappa shape index (κ3) is 4.82. The van der Waals surface area contributed by atoms with Gasteiger partial charge in [0.25, 0.3) is 0 Å². The molecule has 1 aromatic rings. The van der Waals surface area contributed by atoms with Gasteiger partial charge in [-0.3, -0.25) is 0 Å². The van der Waals surface area contributed by atoms with Crippen LogP contribution in [0.15, 0.2) is 29.4 Å². The summed E-state index contributed by atoms with van der Waals surface area (Å²) in [5.74, 6) is 2.17. The summed E-state index contributed by atoms with van der Waals surface area (Å²) in [6.07, 6.45) is 2.62. The Balaban J connectivity index is 1.66. The van der Waals surface area contributed by atoms with E-state index in [1.807, 2.05) is 12.1 Å². The average molecular weight is 309 g/mol. The van der Waals surface area contributed by atoms with Crippen LogP contribution >= 0.6 is 11.8 Å². The van der Waals surface area contributed by atoms with Gasteiger partial charge in [-0.05, 0) is 49.8 Å². The zero-order valence-electron chi connectivity index (χ0n) is 12.3. The first-order valence-electron chi connectivity index (χ1n) is 7.18. The molecule has 1 unspecified atom stereocenters. The number of thioether (sulfide) groups is 1. The number of amidine groups is 1. The van der Waals surface area contributed by atoms with Gasteiger partial charge in [-0.15, -0.1) is 0 Å². The lowest BCUT2D eigenvalue weighted by Gasteiger charge is -2.22. The normalized spacial score (nSPS) is 22.4. The molecule has 21 heavy (non-hydrogen) atoms. The lowest BCUT2D eigenvalue weighted by molar-refractivity contribution is 0.311. The van der Waals surface area contributed by atoms with E-state index in [0.717, 1.165) is 18.8 Å². The van der Waals surface area contributed by atoms with E-state index in [4.69, 9.17) is 15.7 Å². The van der Waals surface area contributed by atoms with Crippen molar-refractivity contribution in [1.82, 2.24) is 5.32 Å². The van der Waals surface area contributed by atoms with Crippen molar-refractivity contribution in [3.63, 3.8) is 0 Å². The SMILES string of the molecule is CC1(CNCCOc2ccc(/C(N)=N/O)cc2)CCCS1. The molecule has 2 rings (SSSR count). The Kier molecular flexibility index (Phi) is 5.76. The van der Waals surface area contributed by atoms with Crippen LogP contribution in [0.5, 0.6) is 5.75 Å². The summed E-state index contributed by atoms with van der Waals surface area (Å²) in [6.45, 7) is 4.82. The molecule has 0 bridgehead atoms. The zero-order chi connectivity index (χ0) is 15.1. The quantitative estimate of drug-likeness (QED) is 0.236. The van der Waals surface area contributed by atoms with Crippen LogP contribution in [0.4, 0.5) is 0 Å². The van der Waals surface area contributed by atoms with Crippen LogP contribution in [0, 0.1) is 0 Å². The molecule has 1 aliphatic rings. The van der Waals surface area contributed by atoms with Crippen LogP contribution in [0.3, 0.4) is 0 Å². The highest BCUT2D eigenvalue weighted by molar-refractivity contribution is 8.00. The maximum atomic E-state index is 8.59. The van der Waals surface area contributed by atoms with Crippen LogP contribution in [-0.4, -0.2) is 41.2 Å². The molecule has 1 aromatic carbocycles. The minimum atomic E-state index is 0.102. The van der Waals surface area contributed by atoms with Crippen molar-refractivity contribution in [1.29, 1.82) is 0 Å². The van der Waals surface area contributed by atoms with Crippen molar-refractivity contribution in [3.8, 4) is 5.75 Å². The number of hydrogen-bond acceptors (Lipinski definition) is 5. The van der Waals surface area contributed by atoms with Crippen molar-refractivity contribution in [2.75, 3.05) is 25.4 Å². The van der Waals surface area contributed by atoms with E-state index >= 15 is 0 Å². The van der Waals surface area contributed by atoms with E-state index in [-0.39, 0.29) is 5.84 Å². The molecule has 0 amide bonds. The first kappa shape index (κ1) is 16.0. The van der Waals surface area contributed by atoms with Crippen molar-refractivity contribution >= 4 is 17.6 Å². The van der Waals surface area contributed by atoms with E-state index in [2.05, 4.69) is 29.2 Å². The average Bonchev–Trinajstić information content (AvgIpc) is 2.94. The molecule has 1 atom stereocenters. The summed E-state index contributed by atoms with van der Waals surface area (Å²) in [5, 5.41) is 15.0. The minimum absolute atomic E-state index is 0.102. The van der Waals surface area contributed by atoms with Crippen molar-refractivity contribution in [2.24, 2.45) is 10.9 Å². The molecule has 116 valence electrons. The van der Waals surface area contributed by atoms with E-state index in [0.29, 0.717) is 16.9 Å². The van der Waals surface area contributed by atoms with Gasteiger partial charge in [0.15, 0.2) is 5.84 Å². The highest BCUT2D eigenvalue weighted by Gasteiger charge is 2.28. The number of nitrogens with two attached hydrogens (primary N) is 1. The Morgan fingerprint density at radius 3 is 2.86 bits per heavy atom. The van der Waals surface area contributed by atoms with E-state index in [9.17, 15) is 0 Å². The third-order valence-electron chi connectivity index (χ3n) is 3.60. The maximum Gasteiger partial charge on any atom is 0.170 e. The van der Waals surface area contributed by atoms with Crippen molar-refractivity contribution in [2.45, 2.75) is 24.5 Å². The van der Waals surface area contributed by atoms with Crippen LogP contribution in [0.2, 0.25) is 0 Å². The summed E-state index contributed by atoms with van der Waals surface area (Å²) < 4.78 is 6.05. The largest absolute Gasteiger partial charge is 0.492 e. The Morgan fingerprint density at radius 2 is 2.24 bits per heavy atom. The first-order chi connectivity index (χ1) is 10.1. The number of nitrogens with one attached hydrogen (secondary N) is 1. The molecule has 0 radical (unpaired) electrons. The third-order valence-corrected chi connectivity index (χ3v) is 5.14. The van der Waals surface area contributed by atoms with Gasteiger partial charge in [-0.2, -0.15) is 11.8 Å². The minimum Gasteiger partial charge on any atom is -0.492 e. The molecule has 1 fully saturated rings.